The van der Waals surface area contributed by atoms with Gasteiger partial charge in [0.25, 0.3) is 0 Å². The summed E-state index contributed by atoms with van der Waals surface area (Å²) in [7, 11) is 4.10. The number of hydrogen-bond acceptors (Lipinski definition) is 4. The molecule has 1 aromatic carbocycles. The molecule has 0 bridgehead atoms. The lowest BCUT2D eigenvalue weighted by atomic mass is 10.1. The molecular weight excluding hydrogens is 292 g/mol. The van der Waals surface area contributed by atoms with E-state index in [2.05, 4.69) is 10.2 Å². The molecule has 2 N–H and O–H groups in total. The van der Waals surface area contributed by atoms with E-state index in [-0.39, 0.29) is 11.8 Å². The van der Waals surface area contributed by atoms with E-state index >= 15 is 0 Å². The number of amides is 1. The second-order valence-electron chi connectivity index (χ2n) is 6.47. The molecule has 0 aromatic heterocycles. The number of carbonyl (C=O) groups excluding carboxylic acids is 1. The van der Waals surface area contributed by atoms with Crippen molar-refractivity contribution >= 4 is 5.91 Å². The van der Waals surface area contributed by atoms with Crippen molar-refractivity contribution in [3.8, 4) is 5.75 Å². The van der Waals surface area contributed by atoms with Gasteiger partial charge >= 0.3 is 0 Å². The zero-order valence-electron chi connectivity index (χ0n) is 14.1. The van der Waals surface area contributed by atoms with Gasteiger partial charge in [-0.25, -0.2) is 0 Å². The molecule has 1 fully saturated rings. The fourth-order valence-electron chi connectivity index (χ4n) is 2.84. The smallest absolute Gasteiger partial charge is 0.225 e. The van der Waals surface area contributed by atoms with Gasteiger partial charge in [-0.15, -0.1) is 0 Å². The van der Waals surface area contributed by atoms with Crippen LogP contribution in [0.1, 0.15) is 31.2 Å². The Hall–Kier alpha value is -1.59. The number of benzene rings is 1. The minimum absolute atomic E-state index is 0.0426. The minimum Gasteiger partial charge on any atom is -0.494 e. The van der Waals surface area contributed by atoms with E-state index < -0.39 is 6.10 Å². The molecule has 1 saturated carbocycles. The summed E-state index contributed by atoms with van der Waals surface area (Å²) in [6.45, 7) is 2.20. The quantitative estimate of drug-likeness (QED) is 0.717. The van der Waals surface area contributed by atoms with Crippen molar-refractivity contribution in [2.45, 2.75) is 38.3 Å². The number of rotatable bonds is 8. The van der Waals surface area contributed by atoms with Gasteiger partial charge in [-0.1, -0.05) is 12.1 Å². The molecular formula is C18H28N2O3. The lowest BCUT2D eigenvalue weighted by molar-refractivity contribution is -0.127. The van der Waals surface area contributed by atoms with Crippen molar-refractivity contribution in [1.29, 1.82) is 0 Å². The summed E-state index contributed by atoms with van der Waals surface area (Å²) in [4.78, 5) is 14.2. The summed E-state index contributed by atoms with van der Waals surface area (Å²) in [5, 5.41) is 12.7. The third-order valence-corrected chi connectivity index (χ3v) is 4.22. The average molecular weight is 320 g/mol. The Bertz CT molecular complexity index is 488. The van der Waals surface area contributed by atoms with Crippen LogP contribution in [0.5, 0.6) is 5.75 Å². The summed E-state index contributed by atoms with van der Waals surface area (Å²) in [5.41, 5.74) is 1.03. The van der Waals surface area contributed by atoms with Gasteiger partial charge in [0.1, 0.15) is 5.75 Å². The van der Waals surface area contributed by atoms with Crippen LogP contribution >= 0.6 is 0 Å². The van der Waals surface area contributed by atoms with Crippen molar-refractivity contribution < 1.29 is 14.6 Å². The molecule has 0 saturated heterocycles. The number of carbonyl (C=O) groups is 1. The van der Waals surface area contributed by atoms with Gasteiger partial charge in [-0.3, -0.25) is 4.79 Å². The molecule has 0 spiro atoms. The van der Waals surface area contributed by atoms with Gasteiger partial charge in [0.05, 0.1) is 18.6 Å². The van der Waals surface area contributed by atoms with Gasteiger partial charge in [-0.05, 0) is 57.5 Å². The van der Waals surface area contributed by atoms with Crippen LogP contribution < -0.4 is 10.1 Å². The van der Waals surface area contributed by atoms with Gasteiger partial charge in [0.15, 0.2) is 0 Å². The van der Waals surface area contributed by atoms with Crippen molar-refractivity contribution in [2.75, 3.05) is 27.2 Å². The van der Waals surface area contributed by atoms with Crippen LogP contribution in [-0.4, -0.2) is 49.3 Å². The molecule has 1 aliphatic carbocycles. The van der Waals surface area contributed by atoms with Crippen molar-refractivity contribution in [3.05, 3.63) is 29.8 Å². The second kappa shape index (κ2) is 8.89. The highest BCUT2D eigenvalue weighted by molar-refractivity contribution is 5.79. The molecule has 128 valence electrons. The molecule has 0 radical (unpaired) electrons. The highest BCUT2D eigenvalue weighted by atomic mass is 16.5. The fourth-order valence-corrected chi connectivity index (χ4v) is 2.84. The zero-order chi connectivity index (χ0) is 16.7. The highest BCUT2D eigenvalue weighted by Gasteiger charge is 2.31. The Balaban J connectivity index is 1.71. The SMILES string of the molecule is CN(C)CCCOc1ccc(CNC(=O)C2CCCC2O)cc1. The first-order valence-electron chi connectivity index (χ1n) is 8.38. The molecule has 5 heteroatoms. The van der Waals surface area contributed by atoms with Crippen molar-refractivity contribution in [1.82, 2.24) is 10.2 Å². The molecule has 2 atom stereocenters. The largest absolute Gasteiger partial charge is 0.494 e. The molecule has 1 amide bonds. The molecule has 0 aliphatic heterocycles. The number of ether oxygens (including phenoxy) is 1. The number of hydrogen-bond donors (Lipinski definition) is 2. The summed E-state index contributed by atoms with van der Waals surface area (Å²) >= 11 is 0. The van der Waals surface area contributed by atoms with Gasteiger partial charge in [-0.2, -0.15) is 0 Å². The van der Waals surface area contributed by atoms with Crippen molar-refractivity contribution in [2.24, 2.45) is 5.92 Å². The molecule has 5 nitrogen and oxygen atoms in total. The van der Waals surface area contributed by atoms with Crippen LogP contribution in [0.2, 0.25) is 0 Å². The average Bonchev–Trinajstić information content (AvgIpc) is 2.96. The maximum Gasteiger partial charge on any atom is 0.225 e. The first-order valence-corrected chi connectivity index (χ1v) is 8.38. The number of nitrogens with one attached hydrogen (secondary N) is 1. The van der Waals surface area contributed by atoms with Crippen LogP contribution in [0.3, 0.4) is 0 Å². The van der Waals surface area contributed by atoms with E-state index in [1.807, 2.05) is 38.4 Å². The lowest BCUT2D eigenvalue weighted by Gasteiger charge is -2.14. The Morgan fingerprint density at radius 3 is 2.65 bits per heavy atom. The monoisotopic (exact) mass is 320 g/mol. The van der Waals surface area contributed by atoms with E-state index in [4.69, 9.17) is 4.74 Å². The van der Waals surface area contributed by atoms with Gasteiger partial charge in [0.2, 0.25) is 5.91 Å². The minimum atomic E-state index is -0.479. The molecule has 2 unspecified atom stereocenters. The summed E-state index contributed by atoms with van der Waals surface area (Å²) in [6, 6.07) is 7.79. The van der Waals surface area contributed by atoms with E-state index in [9.17, 15) is 9.90 Å². The van der Waals surface area contributed by atoms with Crippen LogP contribution in [0.4, 0.5) is 0 Å². The third-order valence-electron chi connectivity index (χ3n) is 4.22. The standard InChI is InChI=1S/C18H28N2O3/c1-20(2)11-4-12-23-15-9-7-14(8-10-15)13-19-18(22)16-5-3-6-17(16)21/h7-10,16-17,21H,3-6,11-13H2,1-2H3,(H,19,22). The number of aliphatic hydroxyl groups is 1. The van der Waals surface area contributed by atoms with Crippen LogP contribution in [-0.2, 0) is 11.3 Å². The van der Waals surface area contributed by atoms with Crippen LogP contribution in [0, 0.1) is 5.92 Å². The number of aliphatic hydroxyl groups excluding tert-OH is 1. The first kappa shape index (κ1) is 17.8. The second-order valence-corrected chi connectivity index (χ2v) is 6.47. The van der Waals surface area contributed by atoms with E-state index in [1.165, 1.54) is 0 Å². The topological polar surface area (TPSA) is 61.8 Å². The first-order chi connectivity index (χ1) is 11.1. The van der Waals surface area contributed by atoms with E-state index in [0.29, 0.717) is 13.2 Å². The Morgan fingerprint density at radius 1 is 1.30 bits per heavy atom. The van der Waals surface area contributed by atoms with Gasteiger partial charge < -0.3 is 20.1 Å². The zero-order valence-corrected chi connectivity index (χ0v) is 14.1. The maximum absolute atomic E-state index is 12.0. The number of nitrogens with zero attached hydrogens (tertiary/aromatic N) is 1. The van der Waals surface area contributed by atoms with Crippen LogP contribution in [0.15, 0.2) is 24.3 Å². The molecule has 23 heavy (non-hydrogen) atoms. The Kier molecular flexibility index (Phi) is 6.86. The molecule has 0 heterocycles. The summed E-state index contributed by atoms with van der Waals surface area (Å²) < 4.78 is 5.69. The van der Waals surface area contributed by atoms with Gasteiger partial charge in [0, 0.05) is 13.1 Å². The summed E-state index contributed by atoms with van der Waals surface area (Å²) in [6.07, 6.45) is 2.96. The predicted octanol–water partition coefficient (Wildman–Crippen LogP) is 1.79. The Labute approximate surface area is 138 Å². The lowest BCUT2D eigenvalue weighted by Crippen LogP contribution is -2.34. The van der Waals surface area contributed by atoms with E-state index in [1.54, 1.807) is 0 Å². The normalized spacial score (nSPS) is 20.7. The molecule has 1 aliphatic rings. The maximum atomic E-state index is 12.0. The fraction of sp³-hybridized carbons (Fsp3) is 0.611. The van der Waals surface area contributed by atoms with Crippen LogP contribution in [0.25, 0.3) is 0 Å². The summed E-state index contributed by atoms with van der Waals surface area (Å²) in [5.74, 6) is 0.568. The highest BCUT2D eigenvalue weighted by Crippen LogP contribution is 2.25. The third kappa shape index (κ3) is 5.84. The predicted molar refractivity (Wildman–Crippen MR) is 90.3 cm³/mol. The van der Waals surface area contributed by atoms with Crippen molar-refractivity contribution in [3.63, 3.8) is 0 Å². The van der Waals surface area contributed by atoms with E-state index in [0.717, 1.165) is 43.5 Å². The molecule has 2 rings (SSSR count). The Morgan fingerprint density at radius 2 is 2.04 bits per heavy atom. The molecule has 1 aromatic rings.